The summed E-state index contributed by atoms with van der Waals surface area (Å²) in [5.41, 5.74) is 7.58. The van der Waals surface area contributed by atoms with Crippen LogP contribution in [-0.4, -0.2) is 82.7 Å². The average molecular weight is 680 g/mol. The summed E-state index contributed by atoms with van der Waals surface area (Å²) in [6.45, 7) is 2.24. The summed E-state index contributed by atoms with van der Waals surface area (Å²) in [6.07, 6.45) is 12.1. The lowest BCUT2D eigenvalue weighted by Gasteiger charge is -2.33. The minimum absolute atomic E-state index is 0.0112. The van der Waals surface area contributed by atoms with Crippen molar-refractivity contribution in [3.05, 3.63) is 96.1 Å². The third kappa shape index (κ3) is 6.32. The summed E-state index contributed by atoms with van der Waals surface area (Å²) in [6, 6.07) is 19.6. The smallest absolute Gasteiger partial charge is 0.253 e. The maximum atomic E-state index is 12.7. The van der Waals surface area contributed by atoms with Crippen molar-refractivity contribution in [3.63, 3.8) is 0 Å². The van der Waals surface area contributed by atoms with Crippen LogP contribution in [0, 0.1) is 33.7 Å². The van der Waals surface area contributed by atoms with Gasteiger partial charge in [0, 0.05) is 75.2 Å². The number of carbonyl (C=O) groups excluding carboxylic acids is 3. The van der Waals surface area contributed by atoms with E-state index >= 15 is 0 Å². The molecule has 0 saturated carbocycles. The third-order valence-electron chi connectivity index (χ3n) is 10.5. The highest BCUT2D eigenvalue weighted by Crippen LogP contribution is 2.43. The van der Waals surface area contributed by atoms with Gasteiger partial charge in [-0.25, -0.2) is 9.97 Å². The summed E-state index contributed by atoms with van der Waals surface area (Å²) in [4.78, 5) is 50.3. The van der Waals surface area contributed by atoms with Crippen LogP contribution in [0.15, 0.2) is 79.4 Å². The predicted molar refractivity (Wildman–Crippen MR) is 191 cm³/mol. The van der Waals surface area contributed by atoms with Gasteiger partial charge in [0.2, 0.25) is 11.8 Å². The molecule has 0 aliphatic carbocycles. The van der Waals surface area contributed by atoms with Crippen molar-refractivity contribution in [2.24, 2.45) is 10.8 Å². The van der Waals surface area contributed by atoms with E-state index in [1.807, 2.05) is 48.5 Å². The fourth-order valence-corrected chi connectivity index (χ4v) is 7.57. The number of rotatable bonds is 3. The van der Waals surface area contributed by atoms with Crippen LogP contribution in [0.25, 0.3) is 22.3 Å². The maximum Gasteiger partial charge on any atom is 0.253 e. The number of nitrogens with zero attached hydrogens (tertiary/aromatic N) is 7. The molecule has 2 atom stereocenters. The van der Waals surface area contributed by atoms with Gasteiger partial charge in [-0.2, -0.15) is 10.5 Å². The van der Waals surface area contributed by atoms with Crippen LogP contribution in [0.5, 0.6) is 0 Å². The Balaban J connectivity index is 0.000000162. The van der Waals surface area contributed by atoms with Gasteiger partial charge in [0.25, 0.3) is 5.91 Å². The van der Waals surface area contributed by atoms with Crippen LogP contribution in [0.4, 0.5) is 11.4 Å². The summed E-state index contributed by atoms with van der Waals surface area (Å²) in [7, 11) is 3.47. The molecule has 5 heterocycles. The molecule has 3 aromatic carbocycles. The summed E-state index contributed by atoms with van der Waals surface area (Å²) >= 11 is 0. The molecule has 12 heteroatoms. The molecule has 0 radical (unpaired) electrons. The molecular formula is C39H37N9O3. The van der Waals surface area contributed by atoms with Gasteiger partial charge in [0.1, 0.15) is 6.33 Å². The summed E-state index contributed by atoms with van der Waals surface area (Å²) in [5.74, 6) is 0.0144. The van der Waals surface area contributed by atoms with E-state index < -0.39 is 10.8 Å². The number of benzene rings is 3. The van der Waals surface area contributed by atoms with Gasteiger partial charge in [-0.3, -0.25) is 14.4 Å². The minimum Gasteiger partial charge on any atom is -0.345 e. The second kappa shape index (κ2) is 13.2. The van der Waals surface area contributed by atoms with Crippen molar-refractivity contribution in [1.29, 1.82) is 10.5 Å². The Hall–Kier alpha value is -6.27. The fourth-order valence-electron chi connectivity index (χ4n) is 7.57. The number of fused-ring (bicyclic) bond motifs is 2. The lowest BCUT2D eigenvalue weighted by Crippen LogP contribution is -2.43. The van der Waals surface area contributed by atoms with E-state index in [-0.39, 0.29) is 17.7 Å². The Morgan fingerprint density at radius 1 is 0.725 bits per heavy atom. The molecule has 4 aliphatic heterocycles. The molecule has 4 aliphatic rings. The molecule has 4 aromatic rings. The Morgan fingerprint density at radius 3 is 1.65 bits per heavy atom. The second-order valence-electron chi connectivity index (χ2n) is 14.0. The quantitative estimate of drug-likeness (QED) is 0.297. The molecule has 3 amide bonds. The molecule has 2 N–H and O–H groups in total. The van der Waals surface area contributed by atoms with Gasteiger partial charge in [-0.15, -0.1) is 0 Å². The normalized spacial score (nSPS) is 21.4. The van der Waals surface area contributed by atoms with E-state index in [1.165, 1.54) is 6.33 Å². The largest absolute Gasteiger partial charge is 0.345 e. The number of aromatic nitrogens is 2. The zero-order valence-corrected chi connectivity index (χ0v) is 28.5. The number of amides is 3. The van der Waals surface area contributed by atoms with E-state index in [2.05, 4.69) is 45.1 Å². The first-order valence-corrected chi connectivity index (χ1v) is 16.9. The van der Waals surface area contributed by atoms with Gasteiger partial charge < -0.3 is 25.3 Å². The molecular weight excluding hydrogens is 642 g/mol. The first-order chi connectivity index (χ1) is 24.6. The predicted octanol–water partition coefficient (Wildman–Crippen LogP) is 4.53. The van der Waals surface area contributed by atoms with Gasteiger partial charge >= 0.3 is 0 Å². The first-order valence-electron chi connectivity index (χ1n) is 16.9. The van der Waals surface area contributed by atoms with Crippen LogP contribution in [0.3, 0.4) is 0 Å². The van der Waals surface area contributed by atoms with Crippen molar-refractivity contribution < 1.29 is 14.4 Å². The van der Waals surface area contributed by atoms with E-state index in [1.54, 1.807) is 41.2 Å². The standard InChI is InChI=1S/C22H22N4O2.C17H15N5O/c1-25(2)20(27)16-5-3-15(4-6-16)17-7-8-19-18(11-17)12-22(21(28)24-19)9-10-26(13-22)14-23;18-10-22-4-3-17(9-22)6-13-5-12(14-7-19-11-20-8-14)1-2-15(13)21-16(17)23/h3-8,11H,9-10,12-13H2,1-2H3,(H,24,28);1-2,5,7-8,11H,3-4,6,9H2,(H,21,23). The number of carbonyl (C=O) groups is 3. The van der Waals surface area contributed by atoms with Crippen LogP contribution >= 0.6 is 0 Å². The maximum absolute atomic E-state index is 12.7. The second-order valence-corrected chi connectivity index (χ2v) is 14.0. The Morgan fingerprint density at radius 2 is 1.20 bits per heavy atom. The highest BCUT2D eigenvalue weighted by Gasteiger charge is 2.48. The topological polar surface area (TPSA) is 158 Å². The Bertz CT molecular complexity index is 2110. The number of hydrogen-bond donors (Lipinski definition) is 2. The van der Waals surface area contributed by atoms with Gasteiger partial charge in [0.05, 0.1) is 10.8 Å². The van der Waals surface area contributed by atoms with Crippen molar-refractivity contribution >= 4 is 29.1 Å². The van der Waals surface area contributed by atoms with Crippen molar-refractivity contribution in [1.82, 2.24) is 24.7 Å². The van der Waals surface area contributed by atoms with Crippen molar-refractivity contribution in [3.8, 4) is 34.6 Å². The first kappa shape index (κ1) is 33.2. The van der Waals surface area contributed by atoms with E-state index in [9.17, 15) is 14.4 Å². The highest BCUT2D eigenvalue weighted by molar-refractivity contribution is 6.00. The molecule has 51 heavy (non-hydrogen) atoms. The van der Waals surface area contributed by atoms with Crippen LogP contribution < -0.4 is 10.6 Å². The molecule has 2 spiro atoms. The molecule has 1 aromatic heterocycles. The molecule has 2 fully saturated rings. The molecule has 256 valence electrons. The number of hydrogen-bond acceptors (Lipinski definition) is 9. The number of likely N-dealkylation sites (tertiary alicyclic amines) is 2. The van der Waals surface area contributed by atoms with E-state index in [0.717, 1.165) is 44.8 Å². The SMILES string of the molecule is CN(C)C(=O)c1ccc(-c2ccc3c(c2)CC2(CCN(C#N)C2)C(=O)N3)cc1.N#CN1CCC2(Cc3cc(-c4cncnc4)ccc3NC2=O)C1. The van der Waals surface area contributed by atoms with Gasteiger partial charge in [-0.1, -0.05) is 24.3 Å². The number of nitriles is 2. The highest BCUT2D eigenvalue weighted by atomic mass is 16.2. The summed E-state index contributed by atoms with van der Waals surface area (Å²) in [5, 5.41) is 24.3. The molecule has 2 saturated heterocycles. The minimum atomic E-state index is -0.524. The van der Waals surface area contributed by atoms with Crippen molar-refractivity contribution in [2.45, 2.75) is 25.7 Å². The molecule has 12 nitrogen and oxygen atoms in total. The lowest BCUT2D eigenvalue weighted by molar-refractivity contribution is -0.126. The lowest BCUT2D eigenvalue weighted by atomic mass is 9.76. The van der Waals surface area contributed by atoms with E-state index in [0.29, 0.717) is 57.4 Å². The summed E-state index contributed by atoms with van der Waals surface area (Å²) < 4.78 is 0. The monoisotopic (exact) mass is 679 g/mol. The van der Waals surface area contributed by atoms with Crippen LogP contribution in [0.1, 0.15) is 34.3 Å². The van der Waals surface area contributed by atoms with Crippen LogP contribution in [-0.2, 0) is 22.4 Å². The van der Waals surface area contributed by atoms with Crippen LogP contribution in [0.2, 0.25) is 0 Å². The zero-order valence-electron chi connectivity index (χ0n) is 28.5. The molecule has 8 rings (SSSR count). The third-order valence-corrected chi connectivity index (χ3v) is 10.5. The number of anilines is 2. The van der Waals surface area contributed by atoms with Crippen molar-refractivity contribution in [2.75, 3.05) is 50.9 Å². The number of nitrogens with one attached hydrogen (secondary N) is 2. The average Bonchev–Trinajstić information content (AvgIpc) is 3.78. The Kier molecular flexibility index (Phi) is 8.61. The molecule has 2 unspecified atom stereocenters. The molecule has 0 bridgehead atoms. The fraction of sp³-hybridized carbons (Fsp3) is 0.308. The zero-order chi connectivity index (χ0) is 35.8. The van der Waals surface area contributed by atoms with Gasteiger partial charge in [0.15, 0.2) is 12.4 Å². The Labute approximate surface area is 296 Å². The van der Waals surface area contributed by atoms with Gasteiger partial charge in [-0.05, 0) is 89.9 Å². The van der Waals surface area contributed by atoms with E-state index in [4.69, 9.17) is 10.5 Å².